The van der Waals surface area contributed by atoms with Crippen LogP contribution in [0.2, 0.25) is 0 Å². The highest BCUT2D eigenvalue weighted by Crippen LogP contribution is 2.19. The lowest BCUT2D eigenvalue weighted by molar-refractivity contribution is -0.121. The van der Waals surface area contributed by atoms with Gasteiger partial charge in [0, 0.05) is 57.9 Å². The highest BCUT2D eigenvalue weighted by Gasteiger charge is 2.22. The van der Waals surface area contributed by atoms with Crippen LogP contribution in [0.5, 0.6) is 5.75 Å². The summed E-state index contributed by atoms with van der Waals surface area (Å²) in [5.41, 5.74) is 13.0. The van der Waals surface area contributed by atoms with Crippen LogP contribution in [-0.2, 0) is 16.0 Å². The summed E-state index contributed by atoms with van der Waals surface area (Å²) >= 11 is 0. The molecule has 0 bridgehead atoms. The summed E-state index contributed by atoms with van der Waals surface area (Å²) in [4.78, 5) is 50.3. The molecule has 262 valence electrons. The van der Waals surface area contributed by atoms with Crippen molar-refractivity contribution in [3.63, 3.8) is 0 Å². The molecule has 4 amide bonds. The second-order valence-electron chi connectivity index (χ2n) is 13.5. The molecule has 0 aliphatic heterocycles. The van der Waals surface area contributed by atoms with Crippen LogP contribution in [0.25, 0.3) is 0 Å². The molecule has 4 atom stereocenters. The number of benzene rings is 1. The molecule has 0 saturated carbocycles. The first-order chi connectivity index (χ1) is 21.8. The van der Waals surface area contributed by atoms with Gasteiger partial charge in [0.1, 0.15) is 17.3 Å². The topological polar surface area (TPSA) is 189 Å². The van der Waals surface area contributed by atoms with Crippen molar-refractivity contribution in [2.75, 3.05) is 26.7 Å². The highest BCUT2D eigenvalue weighted by atomic mass is 16.3. The Morgan fingerprint density at radius 1 is 0.826 bits per heavy atom. The van der Waals surface area contributed by atoms with E-state index in [-0.39, 0.29) is 59.2 Å². The van der Waals surface area contributed by atoms with E-state index in [9.17, 15) is 24.3 Å². The first kappa shape index (κ1) is 40.8. The van der Waals surface area contributed by atoms with Gasteiger partial charge in [-0.25, -0.2) is 9.59 Å². The molecule has 0 spiro atoms. The minimum Gasteiger partial charge on any atom is -0.508 e. The van der Waals surface area contributed by atoms with Gasteiger partial charge in [-0.2, -0.15) is 0 Å². The Hall–Kier alpha value is -3.18. The van der Waals surface area contributed by atoms with Crippen LogP contribution in [0.15, 0.2) is 24.3 Å². The molecular formula is C35H62N6O5. The molecule has 11 heteroatoms. The van der Waals surface area contributed by atoms with Gasteiger partial charge in [-0.1, -0.05) is 46.2 Å². The van der Waals surface area contributed by atoms with Gasteiger partial charge >= 0.3 is 12.1 Å². The quantitative estimate of drug-likeness (QED) is 0.0810. The van der Waals surface area contributed by atoms with Crippen LogP contribution in [0.3, 0.4) is 0 Å². The van der Waals surface area contributed by atoms with E-state index >= 15 is 0 Å². The molecule has 0 aliphatic rings. The van der Waals surface area contributed by atoms with Crippen molar-refractivity contribution in [3.8, 4) is 5.75 Å². The normalized spacial score (nSPS) is 13.9. The number of ketones is 2. The number of nitrogens with two attached hydrogens (primary N) is 2. The molecule has 1 aromatic rings. The first-order valence-electron chi connectivity index (χ1n) is 17.1. The van der Waals surface area contributed by atoms with E-state index in [1.54, 1.807) is 19.2 Å². The van der Waals surface area contributed by atoms with E-state index in [0.717, 1.165) is 31.2 Å². The molecule has 1 aromatic carbocycles. The number of urea groups is 2. The Balaban J connectivity index is 2.62. The number of hydrogen-bond acceptors (Lipinski definition) is 7. The summed E-state index contributed by atoms with van der Waals surface area (Å²) in [7, 11) is 1.56. The van der Waals surface area contributed by atoms with Crippen molar-refractivity contribution in [1.82, 2.24) is 21.3 Å². The van der Waals surface area contributed by atoms with Crippen molar-refractivity contribution in [2.24, 2.45) is 35.1 Å². The Morgan fingerprint density at radius 2 is 1.46 bits per heavy atom. The number of amides is 4. The summed E-state index contributed by atoms with van der Waals surface area (Å²) < 4.78 is 0. The monoisotopic (exact) mass is 646 g/mol. The smallest absolute Gasteiger partial charge is 0.315 e. The van der Waals surface area contributed by atoms with E-state index in [2.05, 4.69) is 35.1 Å². The van der Waals surface area contributed by atoms with E-state index in [1.165, 1.54) is 0 Å². The number of carbonyl (C=O) groups is 4. The van der Waals surface area contributed by atoms with Gasteiger partial charge in [0.25, 0.3) is 0 Å². The van der Waals surface area contributed by atoms with E-state index in [1.807, 2.05) is 26.0 Å². The molecule has 11 nitrogen and oxygen atoms in total. The van der Waals surface area contributed by atoms with Crippen molar-refractivity contribution < 1.29 is 24.3 Å². The van der Waals surface area contributed by atoms with Crippen molar-refractivity contribution in [1.29, 1.82) is 0 Å². The summed E-state index contributed by atoms with van der Waals surface area (Å²) in [5.74, 6) is 1.07. The van der Waals surface area contributed by atoms with Gasteiger partial charge in [0.2, 0.25) is 0 Å². The molecule has 0 radical (unpaired) electrons. The van der Waals surface area contributed by atoms with E-state index < -0.39 is 0 Å². The number of phenolic OH excluding ortho intramolecular Hbond substituents is 1. The summed E-state index contributed by atoms with van der Waals surface area (Å²) in [5, 5.41) is 20.8. The van der Waals surface area contributed by atoms with Crippen LogP contribution in [0.4, 0.5) is 9.59 Å². The van der Waals surface area contributed by atoms with E-state index in [4.69, 9.17) is 11.5 Å². The third-order valence-corrected chi connectivity index (χ3v) is 8.41. The van der Waals surface area contributed by atoms with Gasteiger partial charge in [0.05, 0.1) is 0 Å². The maximum atomic E-state index is 13.0. The van der Waals surface area contributed by atoms with Crippen molar-refractivity contribution >= 4 is 23.6 Å². The average Bonchev–Trinajstić information content (AvgIpc) is 3.00. The molecule has 1 rings (SSSR count). The fourth-order valence-electron chi connectivity index (χ4n) is 5.54. The molecule has 0 aliphatic carbocycles. The van der Waals surface area contributed by atoms with Crippen LogP contribution in [0.1, 0.15) is 97.5 Å². The Bertz CT molecular complexity index is 1030. The average molecular weight is 647 g/mol. The molecule has 0 heterocycles. The summed E-state index contributed by atoms with van der Waals surface area (Å²) in [6, 6.07) is 6.07. The zero-order chi connectivity index (χ0) is 34.5. The maximum absolute atomic E-state index is 13.0. The number of rotatable bonds is 24. The van der Waals surface area contributed by atoms with Crippen LogP contribution >= 0.6 is 0 Å². The number of hydrogen-bond donors (Lipinski definition) is 7. The minimum atomic E-state index is -0.292. The molecular weight excluding hydrogens is 584 g/mol. The van der Waals surface area contributed by atoms with Crippen molar-refractivity contribution in [3.05, 3.63) is 29.8 Å². The van der Waals surface area contributed by atoms with Crippen molar-refractivity contribution in [2.45, 2.75) is 110 Å². The SMILES string of the molecule is CNC(=O)NC[C@@H](CC(=O)CC[C@H](CC(C)C)NC(=O)NC[C@H](CCCCN)CC(=O)CC[C@@H](N)Cc1ccc(O)cc1)C(C)C. The third-order valence-electron chi connectivity index (χ3n) is 8.41. The Kier molecular flexibility index (Phi) is 20.6. The number of carbonyl (C=O) groups excluding carboxylic acids is 4. The zero-order valence-corrected chi connectivity index (χ0v) is 28.9. The lowest BCUT2D eigenvalue weighted by atomic mass is 9.88. The molecule has 9 N–H and O–H groups in total. The second kappa shape index (κ2) is 23.2. The molecule has 0 saturated heterocycles. The van der Waals surface area contributed by atoms with Gasteiger partial charge < -0.3 is 37.8 Å². The fourth-order valence-corrected chi connectivity index (χ4v) is 5.54. The summed E-state index contributed by atoms with van der Waals surface area (Å²) in [6.45, 7) is 9.65. The largest absolute Gasteiger partial charge is 0.508 e. The zero-order valence-electron chi connectivity index (χ0n) is 28.9. The predicted molar refractivity (Wildman–Crippen MR) is 184 cm³/mol. The lowest BCUT2D eigenvalue weighted by Gasteiger charge is -2.24. The standard InChI is InChI=1S/C35H62N6O5/c1-24(2)18-30(12-16-33(44)21-28(25(3)4)23-40-34(45)38-5)41-35(46)39-22-27(8-6-7-17-36)20-32(43)15-11-29(37)19-26-9-13-31(42)14-10-26/h9-10,13-14,24-25,27-30,42H,6-8,11-12,15-23,36-37H2,1-5H3,(H2,38,40,45)(H2,39,41,46)/t27-,28-,29-,30-/m1/s1. The van der Waals surface area contributed by atoms with E-state index in [0.29, 0.717) is 70.5 Å². The lowest BCUT2D eigenvalue weighted by Crippen LogP contribution is -2.44. The van der Waals surface area contributed by atoms with Crippen LogP contribution < -0.4 is 32.7 Å². The van der Waals surface area contributed by atoms with Crippen LogP contribution in [0, 0.1) is 23.7 Å². The molecule has 0 fully saturated rings. The summed E-state index contributed by atoms with van der Waals surface area (Å²) in [6.07, 6.45) is 6.50. The number of Topliss-reactive ketones (excluding diaryl/α,β-unsaturated/α-hetero) is 2. The van der Waals surface area contributed by atoms with Gasteiger partial charge in [-0.3, -0.25) is 9.59 Å². The number of nitrogens with one attached hydrogen (secondary N) is 4. The number of aromatic hydroxyl groups is 1. The second-order valence-corrected chi connectivity index (χ2v) is 13.5. The molecule has 46 heavy (non-hydrogen) atoms. The fraction of sp³-hybridized carbons (Fsp3) is 0.714. The predicted octanol–water partition coefficient (Wildman–Crippen LogP) is 4.40. The molecule has 0 aromatic heterocycles. The Morgan fingerprint density at radius 3 is 2.07 bits per heavy atom. The Labute approximate surface area is 276 Å². The molecule has 0 unspecified atom stereocenters. The number of unbranched alkanes of at least 4 members (excludes halogenated alkanes) is 1. The maximum Gasteiger partial charge on any atom is 0.315 e. The first-order valence-corrected chi connectivity index (χ1v) is 17.1. The highest BCUT2D eigenvalue weighted by molar-refractivity contribution is 5.80. The van der Waals surface area contributed by atoms with Gasteiger partial charge in [-0.15, -0.1) is 0 Å². The third kappa shape index (κ3) is 19.4. The minimum absolute atomic E-state index is 0.000356. The van der Waals surface area contributed by atoms with Gasteiger partial charge in [-0.05, 0) is 86.4 Å². The number of phenols is 1. The van der Waals surface area contributed by atoms with Gasteiger partial charge in [0.15, 0.2) is 0 Å². The van der Waals surface area contributed by atoms with Crippen LogP contribution in [-0.4, -0.2) is 67.5 Å².